The molecule has 0 bridgehead atoms. The monoisotopic (exact) mass is 379 g/mol. The Balaban J connectivity index is 0.00000120. The van der Waals surface area contributed by atoms with Crippen LogP contribution < -0.4 is 24.8 Å². The Labute approximate surface area is 151 Å². The molecule has 0 N–H and O–H groups in total. The van der Waals surface area contributed by atoms with Crippen LogP contribution in [-0.4, -0.2) is 0 Å². The summed E-state index contributed by atoms with van der Waals surface area (Å²) in [7, 11) is 0. The molecular weight excluding hydrogens is 366 g/mol. The van der Waals surface area contributed by atoms with Crippen LogP contribution in [0.3, 0.4) is 0 Å². The van der Waals surface area contributed by atoms with Gasteiger partial charge in [-0.2, -0.15) is 22.8 Å². The summed E-state index contributed by atoms with van der Waals surface area (Å²) >= 11 is 0. The molecule has 0 saturated heterocycles. The molecule has 0 spiro atoms. The summed E-state index contributed by atoms with van der Waals surface area (Å²) in [5.74, 6) is 0. The standard InChI is InChI=1S/C17H15.2ClH.Zr/c1-12-10-13(2)17(11-12)16-9-5-7-14-6-3-4-8-15(14)16;;;/h3-11H,1-2H3;2*1H;/q-1;;;+3/p-2. The second-order valence-electron chi connectivity index (χ2n) is 4.66. The average Bonchev–Trinajstić information content (AvgIpc) is 2.68. The molecular formula is C17H15Cl2Zr. The van der Waals surface area contributed by atoms with Gasteiger partial charge in [0.15, 0.2) is 0 Å². The fraction of sp³-hybridized carbons (Fsp3) is 0.118. The van der Waals surface area contributed by atoms with E-state index in [0.29, 0.717) is 0 Å². The van der Waals surface area contributed by atoms with Crippen LogP contribution in [0.25, 0.3) is 21.9 Å². The summed E-state index contributed by atoms with van der Waals surface area (Å²) in [6.07, 6.45) is 0. The van der Waals surface area contributed by atoms with E-state index in [4.69, 9.17) is 0 Å². The maximum Gasteiger partial charge on any atom is 3.00 e. The maximum absolute atomic E-state index is 2.27. The van der Waals surface area contributed by atoms with Gasteiger partial charge in [0.05, 0.1) is 0 Å². The first-order valence-corrected chi connectivity index (χ1v) is 5.98. The molecule has 0 fully saturated rings. The molecule has 3 heteroatoms. The van der Waals surface area contributed by atoms with Crippen molar-refractivity contribution in [2.45, 2.75) is 13.8 Å². The van der Waals surface area contributed by atoms with Gasteiger partial charge in [-0.05, 0) is 10.8 Å². The van der Waals surface area contributed by atoms with Gasteiger partial charge in [0, 0.05) is 0 Å². The fourth-order valence-electron chi connectivity index (χ4n) is 2.55. The van der Waals surface area contributed by atoms with Crippen molar-refractivity contribution in [2.75, 3.05) is 0 Å². The van der Waals surface area contributed by atoms with E-state index in [0.717, 1.165) is 0 Å². The summed E-state index contributed by atoms with van der Waals surface area (Å²) in [6, 6.07) is 19.6. The van der Waals surface area contributed by atoms with E-state index in [9.17, 15) is 0 Å². The zero-order valence-electron chi connectivity index (χ0n) is 11.5. The Morgan fingerprint density at radius 3 is 2.10 bits per heavy atom. The van der Waals surface area contributed by atoms with E-state index < -0.39 is 0 Å². The molecule has 0 amide bonds. The van der Waals surface area contributed by atoms with Crippen molar-refractivity contribution in [1.82, 2.24) is 0 Å². The Bertz CT molecular complexity index is 681. The van der Waals surface area contributed by atoms with Crippen LogP contribution in [0.1, 0.15) is 11.1 Å². The Morgan fingerprint density at radius 2 is 1.45 bits per heavy atom. The number of hydrogen-bond donors (Lipinski definition) is 0. The molecule has 0 unspecified atom stereocenters. The predicted octanol–water partition coefficient (Wildman–Crippen LogP) is -1.15. The number of halogens is 2. The smallest absolute Gasteiger partial charge is 1.00 e. The van der Waals surface area contributed by atoms with Gasteiger partial charge >= 0.3 is 26.2 Å². The first-order valence-electron chi connectivity index (χ1n) is 5.98. The average molecular weight is 381 g/mol. The van der Waals surface area contributed by atoms with E-state index in [-0.39, 0.29) is 51.0 Å². The molecule has 0 aliphatic carbocycles. The predicted molar refractivity (Wildman–Crippen MR) is 74.5 cm³/mol. The third-order valence-electron chi connectivity index (χ3n) is 3.32. The summed E-state index contributed by atoms with van der Waals surface area (Å²) in [5, 5.41) is 2.65. The van der Waals surface area contributed by atoms with Gasteiger partial charge in [0.25, 0.3) is 0 Å². The van der Waals surface area contributed by atoms with Crippen molar-refractivity contribution >= 4 is 10.8 Å². The number of aryl methyl sites for hydroxylation is 2. The van der Waals surface area contributed by atoms with Crippen molar-refractivity contribution in [1.29, 1.82) is 0 Å². The molecule has 0 heterocycles. The summed E-state index contributed by atoms with van der Waals surface area (Å²) < 4.78 is 0. The molecule has 3 rings (SSSR count). The normalized spacial score (nSPS) is 9.30. The number of benzene rings is 2. The van der Waals surface area contributed by atoms with Crippen LogP contribution in [0.4, 0.5) is 0 Å². The Morgan fingerprint density at radius 1 is 0.800 bits per heavy atom. The molecule has 0 aliphatic heterocycles. The molecule has 0 nitrogen and oxygen atoms in total. The van der Waals surface area contributed by atoms with Crippen LogP contribution in [0.2, 0.25) is 0 Å². The minimum atomic E-state index is 0. The van der Waals surface area contributed by atoms with Gasteiger partial charge in [-0.25, -0.2) is 6.07 Å². The van der Waals surface area contributed by atoms with Gasteiger partial charge in [-0.15, -0.1) is 0 Å². The van der Waals surface area contributed by atoms with Gasteiger partial charge in [0.2, 0.25) is 0 Å². The summed E-state index contributed by atoms with van der Waals surface area (Å²) in [4.78, 5) is 0. The quantitative estimate of drug-likeness (QED) is 0.467. The number of rotatable bonds is 1. The van der Waals surface area contributed by atoms with Crippen molar-refractivity contribution in [2.24, 2.45) is 0 Å². The molecule has 3 aromatic rings. The summed E-state index contributed by atoms with van der Waals surface area (Å²) in [5.41, 5.74) is 5.40. The van der Waals surface area contributed by atoms with E-state index in [1.54, 1.807) is 0 Å². The van der Waals surface area contributed by atoms with Gasteiger partial charge in [0.1, 0.15) is 0 Å². The van der Waals surface area contributed by atoms with Crippen LogP contribution >= 0.6 is 0 Å². The molecule has 1 radical (unpaired) electrons. The topological polar surface area (TPSA) is 0 Å². The minimum absolute atomic E-state index is 0. The second-order valence-corrected chi connectivity index (χ2v) is 4.66. The Hall–Kier alpha value is -0.487. The van der Waals surface area contributed by atoms with Crippen molar-refractivity contribution in [3.05, 3.63) is 65.7 Å². The van der Waals surface area contributed by atoms with E-state index in [1.165, 1.54) is 33.0 Å². The SMILES string of the molecule is Cc1cc(-c2cccc3ccccc23)c(C)[cH-]1.[Cl-].[Cl-].[Zr+3]. The number of hydrogen-bond acceptors (Lipinski definition) is 0. The van der Waals surface area contributed by atoms with Gasteiger partial charge in [-0.3, -0.25) is 0 Å². The maximum atomic E-state index is 2.27. The Kier molecular flexibility index (Phi) is 7.88. The van der Waals surface area contributed by atoms with E-state index in [2.05, 4.69) is 68.4 Å². The van der Waals surface area contributed by atoms with Crippen LogP contribution in [0, 0.1) is 13.8 Å². The summed E-state index contributed by atoms with van der Waals surface area (Å²) in [6.45, 7) is 4.34. The van der Waals surface area contributed by atoms with Gasteiger partial charge in [-0.1, -0.05) is 61.9 Å². The zero-order valence-corrected chi connectivity index (χ0v) is 15.4. The molecule has 3 aromatic carbocycles. The molecule has 101 valence electrons. The second kappa shape index (κ2) is 8.08. The third-order valence-corrected chi connectivity index (χ3v) is 3.32. The largest absolute Gasteiger partial charge is 3.00 e. The first-order chi connectivity index (χ1) is 8.25. The van der Waals surface area contributed by atoms with Crippen molar-refractivity contribution in [3.63, 3.8) is 0 Å². The van der Waals surface area contributed by atoms with Crippen LogP contribution in [0.5, 0.6) is 0 Å². The van der Waals surface area contributed by atoms with E-state index in [1.807, 2.05) is 0 Å². The molecule has 20 heavy (non-hydrogen) atoms. The van der Waals surface area contributed by atoms with Crippen molar-refractivity contribution < 1.29 is 51.0 Å². The molecule has 0 aliphatic rings. The van der Waals surface area contributed by atoms with Crippen molar-refractivity contribution in [3.8, 4) is 11.1 Å². The van der Waals surface area contributed by atoms with Crippen LogP contribution in [0.15, 0.2) is 54.6 Å². The van der Waals surface area contributed by atoms with Gasteiger partial charge < -0.3 is 24.8 Å². The zero-order chi connectivity index (χ0) is 11.8. The molecule has 0 atom stereocenters. The molecule has 0 aromatic heterocycles. The molecule has 0 saturated carbocycles. The van der Waals surface area contributed by atoms with E-state index >= 15 is 0 Å². The minimum Gasteiger partial charge on any atom is -1.00 e. The number of fused-ring (bicyclic) bond motifs is 1. The van der Waals surface area contributed by atoms with Crippen LogP contribution in [-0.2, 0) is 26.2 Å². The third kappa shape index (κ3) is 3.58. The fourth-order valence-corrected chi connectivity index (χ4v) is 2.55. The first kappa shape index (κ1) is 19.5.